The summed E-state index contributed by atoms with van der Waals surface area (Å²) in [4.78, 5) is 28.3. The fourth-order valence-electron chi connectivity index (χ4n) is 2.37. The first kappa shape index (κ1) is 18.7. The van der Waals surface area contributed by atoms with Gasteiger partial charge in [-0.3, -0.25) is 9.59 Å². The predicted octanol–water partition coefficient (Wildman–Crippen LogP) is 3.81. The van der Waals surface area contributed by atoms with E-state index in [2.05, 4.69) is 16.4 Å². The van der Waals surface area contributed by atoms with Crippen molar-refractivity contribution in [3.05, 3.63) is 52.2 Å². The Morgan fingerprint density at radius 1 is 1.20 bits per heavy atom. The lowest BCUT2D eigenvalue weighted by Gasteiger charge is -2.12. The summed E-state index contributed by atoms with van der Waals surface area (Å²) < 4.78 is 0. The van der Waals surface area contributed by atoms with Gasteiger partial charge in [0, 0.05) is 11.3 Å². The zero-order valence-electron chi connectivity index (χ0n) is 14.6. The molecule has 5 nitrogen and oxygen atoms in total. The lowest BCUT2D eigenvalue weighted by Crippen LogP contribution is -2.16. The van der Waals surface area contributed by atoms with Gasteiger partial charge >= 0.3 is 0 Å². The second-order valence-corrected chi connectivity index (χ2v) is 6.64. The zero-order valence-corrected chi connectivity index (χ0v) is 15.5. The molecule has 25 heavy (non-hydrogen) atoms. The van der Waals surface area contributed by atoms with Crippen LogP contribution in [0.2, 0.25) is 0 Å². The number of benzene rings is 1. The molecule has 6 heteroatoms. The summed E-state index contributed by atoms with van der Waals surface area (Å²) in [6, 6.07) is 9.05. The Labute approximate surface area is 151 Å². The first-order chi connectivity index (χ1) is 11.8. The number of anilines is 1. The van der Waals surface area contributed by atoms with Crippen LogP contribution in [0, 0.1) is 32.1 Å². The number of nitriles is 1. The van der Waals surface area contributed by atoms with Crippen LogP contribution in [0.25, 0.3) is 0 Å². The quantitative estimate of drug-likeness (QED) is 0.653. The van der Waals surface area contributed by atoms with E-state index < -0.39 is 0 Å². The van der Waals surface area contributed by atoms with Crippen molar-refractivity contribution in [2.24, 2.45) is 0 Å². The molecule has 0 saturated carbocycles. The molecule has 0 unspecified atom stereocenters. The lowest BCUT2D eigenvalue weighted by atomic mass is 10.1. The summed E-state index contributed by atoms with van der Waals surface area (Å²) in [5, 5.41) is 12.7. The minimum atomic E-state index is -0.250. The summed E-state index contributed by atoms with van der Waals surface area (Å²) in [6.07, 6.45) is 0. The molecule has 0 spiro atoms. The third kappa shape index (κ3) is 4.25. The third-order valence-electron chi connectivity index (χ3n) is 4.00. The van der Waals surface area contributed by atoms with Crippen molar-refractivity contribution in [3.8, 4) is 6.07 Å². The normalized spacial score (nSPS) is 10.2. The Hall–Kier alpha value is -2.65. The molecule has 1 aromatic carbocycles. The number of nitrogens with zero attached hydrogens (tertiary/aromatic N) is 2. The van der Waals surface area contributed by atoms with E-state index in [-0.39, 0.29) is 17.4 Å². The minimum Gasteiger partial charge on any atom is -0.325 e. The monoisotopic (exact) mass is 353 g/mol. The molecule has 0 fully saturated rings. The molecule has 0 aliphatic rings. The Kier molecular flexibility index (Phi) is 5.94. The zero-order chi connectivity index (χ0) is 18.6. The van der Waals surface area contributed by atoms with Crippen molar-refractivity contribution < 1.29 is 9.59 Å². The number of aromatic nitrogens is 1. The number of para-hydroxylation sites is 1. The molecular formula is C19H19N3O2S. The maximum absolute atomic E-state index is 12.2. The number of nitrogens with one attached hydrogen (secondary N) is 1. The van der Waals surface area contributed by atoms with Crippen LogP contribution in [-0.2, 0) is 4.79 Å². The van der Waals surface area contributed by atoms with E-state index in [1.165, 1.54) is 18.7 Å². The molecule has 0 atom stereocenters. The molecule has 0 radical (unpaired) electrons. The molecule has 1 heterocycles. The fourth-order valence-corrected chi connectivity index (χ4v) is 3.25. The van der Waals surface area contributed by atoms with Crippen LogP contribution < -0.4 is 5.32 Å². The van der Waals surface area contributed by atoms with Crippen molar-refractivity contribution in [2.75, 3.05) is 11.1 Å². The Bertz CT molecular complexity index is 885. The van der Waals surface area contributed by atoms with Crippen molar-refractivity contribution in [1.29, 1.82) is 5.26 Å². The van der Waals surface area contributed by atoms with E-state index in [0.29, 0.717) is 21.8 Å². The number of rotatable bonds is 5. The van der Waals surface area contributed by atoms with E-state index in [1.54, 1.807) is 24.3 Å². The van der Waals surface area contributed by atoms with Gasteiger partial charge in [-0.2, -0.15) is 5.26 Å². The molecule has 128 valence electrons. The van der Waals surface area contributed by atoms with Crippen molar-refractivity contribution in [1.82, 2.24) is 4.98 Å². The van der Waals surface area contributed by atoms with Gasteiger partial charge in [0.25, 0.3) is 0 Å². The molecule has 1 aromatic heterocycles. The molecule has 0 aliphatic heterocycles. The predicted molar refractivity (Wildman–Crippen MR) is 99.0 cm³/mol. The van der Waals surface area contributed by atoms with E-state index >= 15 is 0 Å². The van der Waals surface area contributed by atoms with Crippen LogP contribution in [0.1, 0.15) is 39.7 Å². The number of pyridine rings is 1. The minimum absolute atomic E-state index is 0.107. The second-order valence-electron chi connectivity index (χ2n) is 5.68. The van der Waals surface area contributed by atoms with E-state index in [0.717, 1.165) is 16.8 Å². The summed E-state index contributed by atoms with van der Waals surface area (Å²) in [5.41, 5.74) is 4.19. The van der Waals surface area contributed by atoms with Gasteiger partial charge in [0.1, 0.15) is 11.1 Å². The largest absolute Gasteiger partial charge is 0.325 e. The van der Waals surface area contributed by atoms with Gasteiger partial charge in [0.2, 0.25) is 5.91 Å². The standard InChI is InChI=1S/C19H19N3O2S/c1-11-12(2)16(9-20)19(21-13(11)3)25-10-18(24)22-17-8-6-5-7-15(17)14(4)23/h5-8H,10H2,1-4H3,(H,22,24). The Morgan fingerprint density at radius 2 is 1.88 bits per heavy atom. The van der Waals surface area contributed by atoms with Gasteiger partial charge in [-0.15, -0.1) is 0 Å². The van der Waals surface area contributed by atoms with Crippen LogP contribution in [0.5, 0.6) is 0 Å². The van der Waals surface area contributed by atoms with Crippen LogP contribution in [0.3, 0.4) is 0 Å². The highest BCUT2D eigenvalue weighted by Gasteiger charge is 2.15. The molecule has 0 bridgehead atoms. The summed E-state index contributed by atoms with van der Waals surface area (Å²) in [5.74, 6) is -0.252. The van der Waals surface area contributed by atoms with Gasteiger partial charge in [-0.25, -0.2) is 4.98 Å². The molecular weight excluding hydrogens is 334 g/mol. The summed E-state index contributed by atoms with van der Waals surface area (Å²) in [6.45, 7) is 7.16. The van der Waals surface area contributed by atoms with Crippen molar-refractivity contribution in [3.63, 3.8) is 0 Å². The third-order valence-corrected chi connectivity index (χ3v) is 4.97. The Balaban J connectivity index is 2.14. The molecule has 0 aliphatic carbocycles. The second kappa shape index (κ2) is 7.95. The van der Waals surface area contributed by atoms with Gasteiger partial charge in [0.15, 0.2) is 5.78 Å². The lowest BCUT2D eigenvalue weighted by molar-refractivity contribution is -0.113. The van der Waals surface area contributed by atoms with Gasteiger partial charge in [-0.1, -0.05) is 23.9 Å². The SMILES string of the molecule is CC(=O)c1ccccc1NC(=O)CSc1nc(C)c(C)c(C)c1C#N. The molecule has 1 N–H and O–H groups in total. The van der Waals surface area contributed by atoms with E-state index in [4.69, 9.17) is 0 Å². The number of hydrogen-bond donors (Lipinski definition) is 1. The fraction of sp³-hybridized carbons (Fsp3) is 0.263. The summed E-state index contributed by atoms with van der Waals surface area (Å²) >= 11 is 1.22. The number of hydrogen-bond acceptors (Lipinski definition) is 5. The molecule has 0 saturated heterocycles. The average Bonchev–Trinajstić information content (AvgIpc) is 2.58. The summed E-state index contributed by atoms with van der Waals surface area (Å²) in [7, 11) is 0. The molecule has 2 rings (SSSR count). The van der Waals surface area contributed by atoms with Gasteiger partial charge < -0.3 is 5.32 Å². The number of carbonyl (C=O) groups is 2. The van der Waals surface area contributed by atoms with Crippen LogP contribution in [-0.4, -0.2) is 22.4 Å². The topological polar surface area (TPSA) is 82.8 Å². The van der Waals surface area contributed by atoms with Crippen molar-refractivity contribution in [2.45, 2.75) is 32.7 Å². The van der Waals surface area contributed by atoms with E-state index in [1.807, 2.05) is 20.8 Å². The highest BCUT2D eigenvalue weighted by atomic mass is 32.2. The number of thioether (sulfide) groups is 1. The highest BCUT2D eigenvalue weighted by Crippen LogP contribution is 2.26. The van der Waals surface area contributed by atoms with Gasteiger partial charge in [0.05, 0.1) is 17.0 Å². The van der Waals surface area contributed by atoms with Crippen molar-refractivity contribution >= 4 is 29.1 Å². The first-order valence-corrected chi connectivity index (χ1v) is 8.74. The number of amides is 1. The van der Waals surface area contributed by atoms with Gasteiger partial charge in [-0.05, 0) is 51.0 Å². The maximum atomic E-state index is 12.2. The number of carbonyl (C=O) groups excluding carboxylic acids is 2. The number of ketones is 1. The number of Topliss-reactive ketones (excluding diaryl/α,β-unsaturated/α-hetero) is 1. The first-order valence-electron chi connectivity index (χ1n) is 7.75. The smallest absolute Gasteiger partial charge is 0.234 e. The average molecular weight is 353 g/mol. The van der Waals surface area contributed by atoms with Crippen LogP contribution >= 0.6 is 11.8 Å². The van der Waals surface area contributed by atoms with Crippen LogP contribution in [0.4, 0.5) is 5.69 Å². The number of aryl methyl sites for hydroxylation is 1. The highest BCUT2D eigenvalue weighted by molar-refractivity contribution is 8.00. The Morgan fingerprint density at radius 3 is 2.52 bits per heavy atom. The molecule has 2 aromatic rings. The van der Waals surface area contributed by atoms with E-state index in [9.17, 15) is 14.9 Å². The maximum Gasteiger partial charge on any atom is 0.234 e. The molecule has 1 amide bonds. The van der Waals surface area contributed by atoms with Crippen LogP contribution in [0.15, 0.2) is 29.3 Å².